The van der Waals surface area contributed by atoms with Crippen molar-refractivity contribution in [1.82, 2.24) is 25.2 Å². The van der Waals surface area contributed by atoms with E-state index < -0.39 is 41.6 Å². The van der Waals surface area contributed by atoms with Gasteiger partial charge >= 0.3 is 5.97 Å². The van der Waals surface area contributed by atoms with Crippen LogP contribution in [0.4, 0.5) is 0 Å². The van der Waals surface area contributed by atoms with Crippen molar-refractivity contribution in [3.63, 3.8) is 0 Å². The first-order valence-electron chi connectivity index (χ1n) is 22.6. The molecule has 0 unspecified atom stereocenters. The number of methoxy groups -OCH3 is 1. The molecule has 342 valence electrons. The van der Waals surface area contributed by atoms with Crippen molar-refractivity contribution in [1.29, 1.82) is 0 Å². The maximum Gasteiger partial charge on any atom is 0.324 e. The second-order valence-corrected chi connectivity index (χ2v) is 18.1. The zero-order chi connectivity index (χ0) is 45.9. The number of carbonyl (C=O) groups is 4. The predicted molar refractivity (Wildman–Crippen MR) is 247 cm³/mol. The minimum atomic E-state index is -0.991. The molecule has 0 spiro atoms. The van der Waals surface area contributed by atoms with Gasteiger partial charge in [-0.3, -0.25) is 29.2 Å². The number of allylic oxidation sites excluding steroid dienone is 2. The fraction of sp³-hybridized carbons (Fsp3) is 0.500. The van der Waals surface area contributed by atoms with E-state index in [1.807, 2.05) is 39.0 Å². The molecule has 64 heavy (non-hydrogen) atoms. The molecule has 0 saturated carbocycles. The fourth-order valence-electron chi connectivity index (χ4n) is 9.51. The van der Waals surface area contributed by atoms with E-state index in [-0.39, 0.29) is 49.6 Å². The van der Waals surface area contributed by atoms with Crippen molar-refractivity contribution >= 4 is 46.4 Å². The van der Waals surface area contributed by atoms with E-state index in [9.17, 15) is 19.2 Å². The van der Waals surface area contributed by atoms with Crippen LogP contribution in [0.3, 0.4) is 0 Å². The van der Waals surface area contributed by atoms with Crippen LogP contribution in [0, 0.1) is 11.3 Å². The van der Waals surface area contributed by atoms with Crippen LogP contribution in [0.5, 0.6) is 0 Å². The lowest BCUT2D eigenvalue weighted by atomic mass is 9.84. The molecule has 3 fully saturated rings. The molecule has 0 aliphatic carbocycles. The van der Waals surface area contributed by atoms with Gasteiger partial charge < -0.3 is 33.7 Å². The van der Waals surface area contributed by atoms with E-state index in [2.05, 4.69) is 79.6 Å². The van der Waals surface area contributed by atoms with Gasteiger partial charge in [-0.15, -0.1) is 0 Å². The zero-order valence-corrected chi connectivity index (χ0v) is 38.4. The third-order valence-electron chi connectivity index (χ3n) is 13.0. The van der Waals surface area contributed by atoms with Gasteiger partial charge in [0, 0.05) is 67.8 Å². The Morgan fingerprint density at radius 3 is 2.58 bits per heavy atom. The van der Waals surface area contributed by atoms with Crippen LogP contribution in [-0.2, 0) is 57.5 Å². The standard InChI is InChI=1S/C50H64N6O8/c1-10-36(45(51-12-3)31(6)61-9)46-38-25-50(7,8)29-63-49(60)39-18-15-21-56(53-39)48(59)40(23-32-16-14-17-33(22-32)34-19-20-41(37(38)24-34)55(46)13-4)52-47(58)44-30(5)62-28-42(44)64-35-26-54(27-35)43(57)11-2/h10-12,14,16-17,19-20,22,24,30-31,35,39-40,42,44,53H,1-2,13,15,18,21,23,25-29H2,3-9H3,(H,52,58)/b45-36+,51-12-/t30-,31+,39+,40+,42-,44-/m1/s1. The zero-order valence-electron chi connectivity index (χ0n) is 38.4. The maximum absolute atomic E-state index is 14.6. The van der Waals surface area contributed by atoms with E-state index in [0.717, 1.165) is 50.1 Å². The highest BCUT2D eigenvalue weighted by atomic mass is 16.6. The van der Waals surface area contributed by atoms with Crippen molar-refractivity contribution in [2.75, 3.05) is 40.0 Å². The molecule has 2 N–H and O–H groups in total. The summed E-state index contributed by atoms with van der Waals surface area (Å²) in [4.78, 5) is 61.4. The van der Waals surface area contributed by atoms with Crippen molar-refractivity contribution in [3.8, 4) is 11.1 Å². The summed E-state index contributed by atoms with van der Waals surface area (Å²) in [5, 5.41) is 5.61. The van der Waals surface area contributed by atoms with E-state index in [1.54, 1.807) is 18.2 Å². The van der Waals surface area contributed by atoms with Crippen molar-refractivity contribution in [2.45, 2.75) is 110 Å². The summed E-state index contributed by atoms with van der Waals surface area (Å²) in [6, 6.07) is 12.8. The number of carbonyl (C=O) groups excluding carboxylic acids is 4. The molecular formula is C50H64N6O8. The highest BCUT2D eigenvalue weighted by Gasteiger charge is 2.45. The Kier molecular flexibility index (Phi) is 14.4. The number of aryl methyl sites for hydroxylation is 1. The van der Waals surface area contributed by atoms with Gasteiger partial charge in [-0.25, -0.2) is 5.43 Å². The molecule has 6 atom stereocenters. The van der Waals surface area contributed by atoms with Crippen LogP contribution in [-0.4, -0.2) is 121 Å². The number of aliphatic imine (C=N–C) groups is 1. The SMILES string of the molecule is C=CC(=O)N1CC(O[C@@H]2CO[C@H](C)[C@H]2C(=O)N[C@H]2Cc3cccc(c3)-c3ccc4c(c3)c(c(/C(C=C)=C(/N=C\C)[C@H](C)OC)n4CC)CC(C)(C)COC(=O)[C@@H]3CCCN(N3)C2=O)C1. The molecule has 6 bridgehead atoms. The molecule has 1 aromatic heterocycles. The molecule has 4 aliphatic rings. The number of cyclic esters (lactones) is 1. The molecule has 3 amide bonds. The van der Waals surface area contributed by atoms with Gasteiger partial charge in [0.1, 0.15) is 12.1 Å². The van der Waals surface area contributed by atoms with Crippen molar-refractivity contribution in [3.05, 3.63) is 90.3 Å². The number of ether oxygens (including phenoxy) is 4. The number of rotatable bonds is 11. The Bertz CT molecular complexity index is 2340. The van der Waals surface area contributed by atoms with Crippen LogP contribution in [0.1, 0.15) is 71.2 Å². The molecule has 3 saturated heterocycles. The average molecular weight is 877 g/mol. The number of hydrazine groups is 1. The summed E-state index contributed by atoms with van der Waals surface area (Å²) in [7, 11) is 1.67. The summed E-state index contributed by atoms with van der Waals surface area (Å²) in [5.74, 6) is -2.04. The van der Waals surface area contributed by atoms with Gasteiger partial charge in [0.05, 0.1) is 54.9 Å². The van der Waals surface area contributed by atoms with Gasteiger partial charge in [0.2, 0.25) is 11.8 Å². The number of esters is 1. The smallest absolute Gasteiger partial charge is 0.324 e. The normalized spacial score (nSPS) is 25.0. The molecule has 5 heterocycles. The lowest BCUT2D eigenvalue weighted by Gasteiger charge is -2.40. The Balaban J connectivity index is 1.29. The van der Waals surface area contributed by atoms with E-state index in [4.69, 9.17) is 23.9 Å². The van der Waals surface area contributed by atoms with E-state index >= 15 is 0 Å². The third-order valence-corrected chi connectivity index (χ3v) is 13.0. The van der Waals surface area contributed by atoms with Crippen molar-refractivity contribution in [2.24, 2.45) is 16.3 Å². The quantitative estimate of drug-likeness (QED) is 0.105. The van der Waals surface area contributed by atoms with Gasteiger partial charge in [-0.1, -0.05) is 63.4 Å². The molecule has 0 radical (unpaired) electrons. The monoisotopic (exact) mass is 876 g/mol. The predicted octanol–water partition coefficient (Wildman–Crippen LogP) is 5.82. The fourth-order valence-corrected chi connectivity index (χ4v) is 9.51. The molecule has 3 aromatic rings. The van der Waals surface area contributed by atoms with E-state index in [0.29, 0.717) is 45.4 Å². The summed E-state index contributed by atoms with van der Waals surface area (Å²) in [6.07, 6.45) is 5.12. The molecule has 4 aliphatic heterocycles. The number of fused-ring (bicyclic) bond motifs is 6. The van der Waals surface area contributed by atoms with Crippen LogP contribution in [0.15, 0.2) is 78.5 Å². The van der Waals surface area contributed by atoms with Gasteiger partial charge in [0.25, 0.3) is 5.91 Å². The Morgan fingerprint density at radius 2 is 1.88 bits per heavy atom. The first-order valence-corrected chi connectivity index (χ1v) is 22.6. The van der Waals surface area contributed by atoms with E-state index in [1.165, 1.54) is 11.1 Å². The summed E-state index contributed by atoms with van der Waals surface area (Å²) in [5.41, 5.74) is 10.2. The Labute approximate surface area is 376 Å². The second-order valence-electron chi connectivity index (χ2n) is 18.1. The van der Waals surface area contributed by atoms with Gasteiger partial charge in [0.15, 0.2) is 0 Å². The minimum Gasteiger partial charge on any atom is -0.464 e. The number of benzene rings is 2. The van der Waals surface area contributed by atoms with Gasteiger partial charge in [-0.05, 0) is 87.4 Å². The second kappa shape index (κ2) is 19.8. The van der Waals surface area contributed by atoms with Crippen LogP contribution in [0.2, 0.25) is 0 Å². The number of nitrogens with one attached hydrogen (secondary N) is 2. The Hall–Kier alpha value is -5.41. The molecular weight excluding hydrogens is 813 g/mol. The lowest BCUT2D eigenvalue weighted by Crippen LogP contribution is -2.61. The highest BCUT2D eigenvalue weighted by Crippen LogP contribution is 2.40. The van der Waals surface area contributed by atoms with Gasteiger partial charge in [-0.2, -0.15) is 0 Å². The minimum absolute atomic E-state index is 0.131. The summed E-state index contributed by atoms with van der Waals surface area (Å²) in [6.45, 7) is 22.0. The number of hydrogen-bond donors (Lipinski definition) is 2. The number of amides is 3. The summed E-state index contributed by atoms with van der Waals surface area (Å²) < 4.78 is 26.5. The van der Waals surface area contributed by atoms with Crippen LogP contribution in [0.25, 0.3) is 27.6 Å². The third kappa shape index (κ3) is 9.65. The number of aromatic nitrogens is 1. The number of nitrogens with zero attached hydrogens (tertiary/aromatic N) is 4. The number of likely N-dealkylation sites (tertiary alicyclic amines) is 1. The first kappa shape index (κ1) is 46.6. The lowest BCUT2D eigenvalue weighted by molar-refractivity contribution is -0.156. The van der Waals surface area contributed by atoms with Crippen molar-refractivity contribution < 1.29 is 38.1 Å². The average Bonchev–Trinajstić information content (AvgIpc) is 3.80. The Morgan fingerprint density at radius 1 is 1.11 bits per heavy atom. The first-order chi connectivity index (χ1) is 30.7. The molecule has 2 aromatic carbocycles. The largest absolute Gasteiger partial charge is 0.464 e. The molecule has 14 heteroatoms. The molecule has 7 rings (SSSR count). The summed E-state index contributed by atoms with van der Waals surface area (Å²) >= 11 is 0. The highest BCUT2D eigenvalue weighted by molar-refractivity contribution is 5.96. The van der Waals surface area contributed by atoms with Crippen LogP contribution >= 0.6 is 0 Å². The molecule has 14 nitrogen and oxygen atoms in total. The maximum atomic E-state index is 14.6. The topological polar surface area (TPSA) is 153 Å². The van der Waals surface area contributed by atoms with Crippen LogP contribution < -0.4 is 10.7 Å². The number of hydrogen-bond acceptors (Lipinski definition) is 10.